The van der Waals surface area contributed by atoms with Crippen molar-refractivity contribution in [3.8, 4) is 0 Å². The van der Waals surface area contributed by atoms with Crippen molar-refractivity contribution < 1.29 is 13.9 Å². The van der Waals surface area contributed by atoms with Gasteiger partial charge in [-0.25, -0.2) is 4.39 Å². The van der Waals surface area contributed by atoms with E-state index in [0.717, 1.165) is 19.4 Å². The Bertz CT molecular complexity index is 467. The highest BCUT2D eigenvalue weighted by Crippen LogP contribution is 2.22. The van der Waals surface area contributed by atoms with Gasteiger partial charge in [0, 0.05) is 24.1 Å². The van der Waals surface area contributed by atoms with Gasteiger partial charge in [-0.2, -0.15) is 0 Å². The zero-order valence-corrected chi connectivity index (χ0v) is 11.5. The van der Waals surface area contributed by atoms with Crippen LogP contribution in [0.15, 0.2) is 18.2 Å². The van der Waals surface area contributed by atoms with Gasteiger partial charge in [0.1, 0.15) is 5.82 Å². The lowest BCUT2D eigenvalue weighted by Crippen LogP contribution is -2.33. The van der Waals surface area contributed by atoms with E-state index in [1.807, 2.05) is 0 Å². The molecular weight excluding hydrogens is 269 g/mol. The van der Waals surface area contributed by atoms with Gasteiger partial charge >= 0.3 is 0 Å². The van der Waals surface area contributed by atoms with Crippen LogP contribution in [0, 0.1) is 11.7 Å². The SMILES string of the molecule is CCC1OCCC1CNC(=O)c1cc(Cl)ccc1F. The number of carbonyl (C=O) groups is 1. The molecule has 1 aliphatic rings. The Morgan fingerprint density at radius 3 is 3.11 bits per heavy atom. The third-order valence-corrected chi connectivity index (χ3v) is 3.68. The minimum absolute atomic E-state index is 0.0144. The maximum Gasteiger partial charge on any atom is 0.254 e. The van der Waals surface area contributed by atoms with Gasteiger partial charge in [0.05, 0.1) is 11.7 Å². The predicted octanol–water partition coefficient (Wildman–Crippen LogP) is 3.02. The van der Waals surface area contributed by atoms with Crippen LogP contribution in [0.4, 0.5) is 4.39 Å². The van der Waals surface area contributed by atoms with Gasteiger partial charge < -0.3 is 10.1 Å². The summed E-state index contributed by atoms with van der Waals surface area (Å²) in [5.41, 5.74) is -0.0144. The van der Waals surface area contributed by atoms with Crippen LogP contribution in [0.3, 0.4) is 0 Å². The highest BCUT2D eigenvalue weighted by molar-refractivity contribution is 6.30. The van der Waals surface area contributed by atoms with Crippen molar-refractivity contribution in [3.05, 3.63) is 34.6 Å². The van der Waals surface area contributed by atoms with E-state index in [1.165, 1.54) is 18.2 Å². The highest BCUT2D eigenvalue weighted by Gasteiger charge is 2.27. The average molecular weight is 286 g/mol. The standard InChI is InChI=1S/C14H17ClFNO2/c1-2-13-9(5-6-19-13)8-17-14(18)11-7-10(15)3-4-12(11)16/h3-4,7,9,13H,2,5-6,8H2,1H3,(H,17,18). The topological polar surface area (TPSA) is 38.3 Å². The fourth-order valence-electron chi connectivity index (χ4n) is 2.37. The molecule has 1 amide bonds. The summed E-state index contributed by atoms with van der Waals surface area (Å²) in [6, 6.07) is 3.96. The summed E-state index contributed by atoms with van der Waals surface area (Å²) in [6.07, 6.45) is 2.03. The molecule has 2 atom stereocenters. The summed E-state index contributed by atoms with van der Waals surface area (Å²) in [7, 11) is 0. The molecule has 0 saturated carbocycles. The van der Waals surface area contributed by atoms with E-state index in [4.69, 9.17) is 16.3 Å². The van der Waals surface area contributed by atoms with Crippen LogP contribution in [0.1, 0.15) is 30.1 Å². The molecule has 0 aliphatic carbocycles. The Morgan fingerprint density at radius 1 is 1.58 bits per heavy atom. The molecule has 2 unspecified atom stereocenters. The third kappa shape index (κ3) is 3.45. The molecule has 1 aromatic rings. The first-order valence-electron chi connectivity index (χ1n) is 6.46. The van der Waals surface area contributed by atoms with E-state index in [2.05, 4.69) is 12.2 Å². The smallest absolute Gasteiger partial charge is 0.254 e. The van der Waals surface area contributed by atoms with Crippen LogP contribution in [0.25, 0.3) is 0 Å². The lowest BCUT2D eigenvalue weighted by atomic mass is 9.99. The van der Waals surface area contributed by atoms with E-state index in [0.29, 0.717) is 17.5 Å². The zero-order chi connectivity index (χ0) is 13.8. The summed E-state index contributed by atoms with van der Waals surface area (Å²) < 4.78 is 19.1. The van der Waals surface area contributed by atoms with Crippen LogP contribution < -0.4 is 5.32 Å². The molecule has 0 radical (unpaired) electrons. The van der Waals surface area contributed by atoms with Gasteiger partial charge in [0.25, 0.3) is 5.91 Å². The van der Waals surface area contributed by atoms with Crippen molar-refractivity contribution in [1.29, 1.82) is 0 Å². The molecule has 1 fully saturated rings. The van der Waals surface area contributed by atoms with Gasteiger partial charge in [0.2, 0.25) is 0 Å². The lowest BCUT2D eigenvalue weighted by molar-refractivity contribution is 0.0825. The van der Waals surface area contributed by atoms with Crippen LogP contribution in [-0.2, 0) is 4.74 Å². The minimum atomic E-state index is -0.559. The molecule has 1 aromatic carbocycles. The average Bonchev–Trinajstić information content (AvgIpc) is 2.86. The van der Waals surface area contributed by atoms with Crippen molar-refractivity contribution in [2.45, 2.75) is 25.9 Å². The normalized spacial score (nSPS) is 22.5. The highest BCUT2D eigenvalue weighted by atomic mass is 35.5. The number of halogens is 2. The zero-order valence-electron chi connectivity index (χ0n) is 10.8. The molecule has 1 aliphatic heterocycles. The predicted molar refractivity (Wildman–Crippen MR) is 71.9 cm³/mol. The number of benzene rings is 1. The second-order valence-electron chi connectivity index (χ2n) is 4.70. The monoisotopic (exact) mass is 285 g/mol. The number of hydrogen-bond donors (Lipinski definition) is 1. The Morgan fingerprint density at radius 2 is 2.37 bits per heavy atom. The number of nitrogens with one attached hydrogen (secondary N) is 1. The molecule has 3 nitrogen and oxygen atoms in total. The van der Waals surface area contributed by atoms with Crippen molar-refractivity contribution >= 4 is 17.5 Å². The first kappa shape index (κ1) is 14.3. The van der Waals surface area contributed by atoms with Crippen LogP contribution in [-0.4, -0.2) is 25.2 Å². The number of ether oxygens (including phenoxy) is 1. The molecule has 19 heavy (non-hydrogen) atoms. The molecule has 1 saturated heterocycles. The van der Waals surface area contributed by atoms with Gasteiger partial charge in [-0.05, 0) is 31.0 Å². The first-order valence-corrected chi connectivity index (χ1v) is 6.84. The van der Waals surface area contributed by atoms with Crippen LogP contribution in [0.2, 0.25) is 5.02 Å². The molecule has 5 heteroatoms. The van der Waals surface area contributed by atoms with Gasteiger partial charge in [-0.1, -0.05) is 18.5 Å². The van der Waals surface area contributed by atoms with E-state index >= 15 is 0 Å². The van der Waals surface area contributed by atoms with Crippen molar-refractivity contribution in [2.24, 2.45) is 5.92 Å². The molecule has 1 N–H and O–H groups in total. The fraction of sp³-hybridized carbons (Fsp3) is 0.500. The molecule has 2 rings (SSSR count). The Balaban J connectivity index is 1.96. The van der Waals surface area contributed by atoms with Gasteiger partial charge in [-0.3, -0.25) is 4.79 Å². The minimum Gasteiger partial charge on any atom is -0.378 e. The van der Waals surface area contributed by atoms with Crippen LogP contribution >= 0.6 is 11.6 Å². The van der Waals surface area contributed by atoms with Crippen molar-refractivity contribution in [2.75, 3.05) is 13.2 Å². The summed E-state index contributed by atoms with van der Waals surface area (Å²) >= 11 is 5.77. The molecule has 104 valence electrons. The van der Waals surface area contributed by atoms with E-state index in [9.17, 15) is 9.18 Å². The molecule has 0 spiro atoms. The lowest BCUT2D eigenvalue weighted by Gasteiger charge is -2.17. The molecule has 0 aromatic heterocycles. The maximum atomic E-state index is 13.5. The van der Waals surface area contributed by atoms with Crippen LogP contribution in [0.5, 0.6) is 0 Å². The summed E-state index contributed by atoms with van der Waals surface area (Å²) in [4.78, 5) is 11.9. The number of hydrogen-bond acceptors (Lipinski definition) is 2. The van der Waals surface area contributed by atoms with Gasteiger partial charge in [-0.15, -0.1) is 0 Å². The number of carbonyl (C=O) groups excluding carboxylic acids is 1. The summed E-state index contributed by atoms with van der Waals surface area (Å²) in [5, 5.41) is 3.10. The first-order chi connectivity index (χ1) is 9.11. The van der Waals surface area contributed by atoms with Gasteiger partial charge in [0.15, 0.2) is 0 Å². The quantitative estimate of drug-likeness (QED) is 0.923. The molecule has 0 bridgehead atoms. The van der Waals surface area contributed by atoms with Crippen molar-refractivity contribution in [1.82, 2.24) is 5.32 Å². The fourth-order valence-corrected chi connectivity index (χ4v) is 2.54. The summed E-state index contributed by atoms with van der Waals surface area (Å²) in [5.74, 6) is -0.686. The van der Waals surface area contributed by atoms with E-state index < -0.39 is 11.7 Å². The number of rotatable bonds is 4. The molecule has 1 heterocycles. The molecular formula is C14H17ClFNO2. The Kier molecular flexibility index (Phi) is 4.77. The maximum absolute atomic E-state index is 13.5. The summed E-state index contributed by atoms with van der Waals surface area (Å²) in [6.45, 7) is 3.29. The van der Waals surface area contributed by atoms with E-state index in [1.54, 1.807) is 0 Å². The number of amides is 1. The van der Waals surface area contributed by atoms with E-state index in [-0.39, 0.29) is 11.7 Å². The Labute approximate surface area is 117 Å². The van der Waals surface area contributed by atoms with Crippen molar-refractivity contribution in [3.63, 3.8) is 0 Å². The largest absolute Gasteiger partial charge is 0.378 e. The second-order valence-corrected chi connectivity index (χ2v) is 5.14. The Hall–Kier alpha value is -1.13. The second kappa shape index (κ2) is 6.35. The third-order valence-electron chi connectivity index (χ3n) is 3.45.